The van der Waals surface area contributed by atoms with Crippen molar-refractivity contribution in [1.29, 1.82) is 5.26 Å². The molecule has 148 valence electrons. The summed E-state index contributed by atoms with van der Waals surface area (Å²) in [5, 5.41) is 9.60. The predicted molar refractivity (Wildman–Crippen MR) is 105 cm³/mol. The number of nitrogens with zero attached hydrogens (tertiary/aromatic N) is 4. The summed E-state index contributed by atoms with van der Waals surface area (Å²) in [7, 11) is -3.72. The highest BCUT2D eigenvalue weighted by Crippen LogP contribution is 2.24. The summed E-state index contributed by atoms with van der Waals surface area (Å²) in [4.78, 5) is 21.6. The lowest BCUT2D eigenvalue weighted by Crippen LogP contribution is -2.30. The zero-order valence-electron chi connectivity index (χ0n) is 16.7. The Balaban J connectivity index is 2.55. The number of hydrogen-bond acceptors (Lipinski definition) is 6. The van der Waals surface area contributed by atoms with Crippen LogP contribution in [0.4, 0.5) is 0 Å². The maximum Gasteiger partial charge on any atom is 0.243 e. The summed E-state index contributed by atoms with van der Waals surface area (Å²) < 4.78 is 26.9. The fourth-order valence-electron chi connectivity index (χ4n) is 3.01. The van der Waals surface area contributed by atoms with Crippen molar-refractivity contribution < 1.29 is 13.2 Å². The summed E-state index contributed by atoms with van der Waals surface area (Å²) in [6.07, 6.45) is 0. The summed E-state index contributed by atoms with van der Waals surface area (Å²) in [5.74, 6) is -1.59. The maximum absolute atomic E-state index is 13.1. The van der Waals surface area contributed by atoms with Gasteiger partial charge in [0, 0.05) is 30.0 Å². The fourth-order valence-corrected chi connectivity index (χ4v) is 4.50. The Morgan fingerprint density at radius 3 is 2.18 bits per heavy atom. The molecule has 0 aliphatic rings. The number of aromatic nitrogens is 2. The molecule has 2 aromatic rings. The summed E-state index contributed by atoms with van der Waals surface area (Å²) in [6, 6.07) is 8.13. The minimum atomic E-state index is -3.72. The molecule has 28 heavy (non-hydrogen) atoms. The molecular formula is C20H24N4O3S. The molecule has 0 spiro atoms. The van der Waals surface area contributed by atoms with E-state index < -0.39 is 21.7 Å². The number of ketones is 1. The molecule has 8 heteroatoms. The molecule has 0 aliphatic heterocycles. The number of aryl methyl sites for hydroxylation is 3. The van der Waals surface area contributed by atoms with Crippen LogP contribution in [-0.2, 0) is 10.0 Å². The smallest absolute Gasteiger partial charge is 0.243 e. The van der Waals surface area contributed by atoms with Crippen molar-refractivity contribution in [2.75, 3.05) is 13.1 Å². The number of carbonyl (C=O) groups excluding carboxylic acids is 1. The Bertz CT molecular complexity index is 1020. The van der Waals surface area contributed by atoms with Crippen molar-refractivity contribution in [3.63, 3.8) is 0 Å². The Hall–Kier alpha value is -2.63. The first-order valence-corrected chi connectivity index (χ1v) is 10.5. The first-order valence-electron chi connectivity index (χ1n) is 9.02. The molecule has 0 saturated heterocycles. The van der Waals surface area contributed by atoms with Gasteiger partial charge < -0.3 is 0 Å². The van der Waals surface area contributed by atoms with E-state index in [2.05, 4.69) is 9.97 Å². The van der Waals surface area contributed by atoms with Gasteiger partial charge in [0.25, 0.3) is 0 Å². The Kier molecular flexibility index (Phi) is 6.65. The van der Waals surface area contributed by atoms with E-state index in [1.165, 1.54) is 16.4 Å². The van der Waals surface area contributed by atoms with E-state index in [0.29, 0.717) is 30.0 Å². The quantitative estimate of drug-likeness (QED) is 0.662. The minimum absolute atomic E-state index is 0.0307. The highest BCUT2D eigenvalue weighted by molar-refractivity contribution is 7.89. The van der Waals surface area contributed by atoms with E-state index in [9.17, 15) is 18.5 Å². The lowest BCUT2D eigenvalue weighted by atomic mass is 9.94. The summed E-state index contributed by atoms with van der Waals surface area (Å²) in [5.41, 5.74) is 2.09. The number of nitriles is 1. The molecule has 2 rings (SSSR count). The van der Waals surface area contributed by atoms with Crippen LogP contribution in [-0.4, -0.2) is 41.6 Å². The average molecular weight is 401 g/mol. The van der Waals surface area contributed by atoms with Crippen LogP contribution in [0.1, 0.15) is 52.9 Å². The number of hydrogen-bond donors (Lipinski definition) is 0. The molecule has 0 saturated carbocycles. The lowest BCUT2D eigenvalue weighted by molar-refractivity contribution is 0.0975. The third kappa shape index (κ3) is 4.26. The van der Waals surface area contributed by atoms with Crippen molar-refractivity contribution in [3.8, 4) is 6.07 Å². The second-order valence-electron chi connectivity index (χ2n) is 6.50. The standard InChI is InChI=1S/C20H24N4O3S/c1-6-24(7-2)28(26,27)16-9-8-13(3)17(11-16)19(25)18(12-21)20-22-14(4)10-15(5)23-20/h8-11,18H,6-7H2,1-5H3. The van der Waals surface area contributed by atoms with Crippen LogP contribution >= 0.6 is 0 Å². The third-order valence-corrected chi connectivity index (χ3v) is 6.51. The van der Waals surface area contributed by atoms with Gasteiger partial charge in [0.1, 0.15) is 0 Å². The van der Waals surface area contributed by atoms with Gasteiger partial charge in [-0.25, -0.2) is 18.4 Å². The van der Waals surface area contributed by atoms with E-state index >= 15 is 0 Å². The van der Waals surface area contributed by atoms with Gasteiger partial charge in [-0.3, -0.25) is 4.79 Å². The second kappa shape index (κ2) is 8.59. The molecule has 0 aliphatic carbocycles. The number of rotatable bonds is 7. The predicted octanol–water partition coefficient (Wildman–Crippen LogP) is 2.92. The Morgan fingerprint density at radius 2 is 1.68 bits per heavy atom. The minimum Gasteiger partial charge on any atom is -0.292 e. The zero-order valence-corrected chi connectivity index (χ0v) is 17.5. The van der Waals surface area contributed by atoms with Crippen LogP contribution in [0.15, 0.2) is 29.2 Å². The van der Waals surface area contributed by atoms with Crippen molar-refractivity contribution in [1.82, 2.24) is 14.3 Å². The number of carbonyl (C=O) groups is 1. The number of benzene rings is 1. The van der Waals surface area contributed by atoms with Crippen LogP contribution in [0, 0.1) is 32.1 Å². The lowest BCUT2D eigenvalue weighted by Gasteiger charge is -2.19. The number of Topliss-reactive ketones (excluding diaryl/α,β-unsaturated/α-hetero) is 1. The van der Waals surface area contributed by atoms with Crippen LogP contribution < -0.4 is 0 Å². The van der Waals surface area contributed by atoms with Gasteiger partial charge >= 0.3 is 0 Å². The van der Waals surface area contributed by atoms with Gasteiger partial charge in [0.05, 0.1) is 11.0 Å². The molecule has 1 heterocycles. The first kappa shape index (κ1) is 21.7. The molecule has 7 nitrogen and oxygen atoms in total. The van der Waals surface area contributed by atoms with Crippen LogP contribution in [0.3, 0.4) is 0 Å². The van der Waals surface area contributed by atoms with E-state index in [-0.39, 0.29) is 16.3 Å². The van der Waals surface area contributed by atoms with Crippen molar-refractivity contribution in [3.05, 3.63) is 52.6 Å². The van der Waals surface area contributed by atoms with Gasteiger partial charge in [-0.1, -0.05) is 19.9 Å². The molecule has 0 N–H and O–H groups in total. The topological polar surface area (TPSA) is 104 Å². The summed E-state index contributed by atoms with van der Waals surface area (Å²) >= 11 is 0. The average Bonchev–Trinajstić information content (AvgIpc) is 2.62. The van der Waals surface area contributed by atoms with Crippen molar-refractivity contribution >= 4 is 15.8 Å². The van der Waals surface area contributed by atoms with E-state index in [1.54, 1.807) is 46.8 Å². The molecule has 0 amide bonds. The highest BCUT2D eigenvalue weighted by atomic mass is 32.2. The Labute approximate surface area is 166 Å². The SMILES string of the molecule is CCN(CC)S(=O)(=O)c1ccc(C)c(C(=O)C(C#N)c2nc(C)cc(C)n2)c1. The fraction of sp³-hybridized carbons (Fsp3) is 0.400. The maximum atomic E-state index is 13.1. The number of sulfonamides is 1. The third-order valence-electron chi connectivity index (χ3n) is 4.47. The van der Waals surface area contributed by atoms with E-state index in [0.717, 1.165) is 0 Å². The van der Waals surface area contributed by atoms with Gasteiger partial charge in [0.2, 0.25) is 10.0 Å². The molecule has 1 aromatic carbocycles. The zero-order chi connectivity index (χ0) is 21.1. The highest BCUT2D eigenvalue weighted by Gasteiger charge is 2.29. The van der Waals surface area contributed by atoms with E-state index in [1.807, 2.05) is 6.07 Å². The van der Waals surface area contributed by atoms with Crippen LogP contribution in [0.5, 0.6) is 0 Å². The van der Waals surface area contributed by atoms with Gasteiger partial charge in [-0.05, 0) is 44.5 Å². The molecule has 1 atom stereocenters. The van der Waals surface area contributed by atoms with Crippen molar-refractivity contribution in [2.45, 2.75) is 45.4 Å². The Morgan fingerprint density at radius 1 is 1.11 bits per heavy atom. The van der Waals surface area contributed by atoms with Gasteiger partial charge in [0.15, 0.2) is 17.5 Å². The van der Waals surface area contributed by atoms with Crippen LogP contribution in [0.2, 0.25) is 0 Å². The molecule has 1 aromatic heterocycles. The monoisotopic (exact) mass is 400 g/mol. The molecule has 0 radical (unpaired) electrons. The molecule has 0 bridgehead atoms. The van der Waals surface area contributed by atoms with E-state index in [4.69, 9.17) is 0 Å². The largest absolute Gasteiger partial charge is 0.292 e. The normalized spacial score (nSPS) is 12.6. The second-order valence-corrected chi connectivity index (χ2v) is 8.44. The molecule has 0 fully saturated rings. The van der Waals surface area contributed by atoms with Crippen LogP contribution in [0.25, 0.3) is 0 Å². The summed E-state index contributed by atoms with van der Waals surface area (Å²) in [6.45, 7) is 9.40. The first-order chi connectivity index (χ1) is 13.1. The molecular weight excluding hydrogens is 376 g/mol. The van der Waals surface area contributed by atoms with Crippen molar-refractivity contribution in [2.24, 2.45) is 0 Å². The van der Waals surface area contributed by atoms with Gasteiger partial charge in [-0.2, -0.15) is 9.57 Å². The van der Waals surface area contributed by atoms with Gasteiger partial charge in [-0.15, -0.1) is 0 Å². The molecule has 1 unspecified atom stereocenters.